The van der Waals surface area contributed by atoms with Crippen LogP contribution in [0.1, 0.15) is 70.6 Å². The van der Waals surface area contributed by atoms with Gasteiger partial charge in [0.1, 0.15) is 5.78 Å². The maximum atomic E-state index is 13.4. The van der Waals surface area contributed by atoms with Gasteiger partial charge in [-0.05, 0) is 86.9 Å². The standard InChI is InChI=1S/C23H34O4/c24-20-8-17-12-23(26-3-4-27-23)13-19(17)18(20)1-2-21(25)22-9-14-5-15(10-22)7-16(6-14)11-22/h14-20,24H,1-13H2/t14?,15?,16?,17-,18+,19+,20+,22?/m0/s1. The Hall–Kier alpha value is -0.450. The van der Waals surface area contributed by atoms with Gasteiger partial charge in [0, 0.05) is 24.7 Å². The number of Topliss-reactive ketones (excluding diaryl/α,β-unsaturated/α-hetero) is 1. The second-order valence-corrected chi connectivity index (χ2v) is 11.1. The fourth-order valence-corrected chi connectivity index (χ4v) is 8.84. The van der Waals surface area contributed by atoms with Crippen molar-refractivity contribution in [2.24, 2.45) is 40.9 Å². The average Bonchev–Trinajstić information content (AvgIpc) is 3.28. The minimum Gasteiger partial charge on any atom is -0.393 e. The zero-order valence-corrected chi connectivity index (χ0v) is 16.4. The quantitative estimate of drug-likeness (QED) is 0.815. The highest BCUT2D eigenvalue weighted by atomic mass is 16.7. The maximum absolute atomic E-state index is 13.4. The third-order valence-corrected chi connectivity index (χ3v) is 9.46. The smallest absolute Gasteiger partial charge is 0.169 e. The van der Waals surface area contributed by atoms with E-state index in [0.29, 0.717) is 37.3 Å². The van der Waals surface area contributed by atoms with Crippen LogP contribution in [0.2, 0.25) is 0 Å². The molecule has 1 saturated heterocycles. The van der Waals surface area contributed by atoms with E-state index in [2.05, 4.69) is 0 Å². The molecule has 0 radical (unpaired) electrons. The van der Waals surface area contributed by atoms with Crippen molar-refractivity contribution in [3.05, 3.63) is 0 Å². The summed E-state index contributed by atoms with van der Waals surface area (Å²) in [6, 6.07) is 0. The molecule has 1 heterocycles. The molecule has 0 aromatic heterocycles. The summed E-state index contributed by atoms with van der Waals surface area (Å²) in [5, 5.41) is 10.7. The van der Waals surface area contributed by atoms with E-state index >= 15 is 0 Å². The van der Waals surface area contributed by atoms with Crippen molar-refractivity contribution in [3.8, 4) is 0 Å². The molecule has 4 bridgehead atoms. The molecule has 4 nitrogen and oxygen atoms in total. The predicted molar refractivity (Wildman–Crippen MR) is 99.8 cm³/mol. The molecule has 0 aromatic rings. The van der Waals surface area contributed by atoms with E-state index in [4.69, 9.17) is 9.47 Å². The lowest BCUT2D eigenvalue weighted by Crippen LogP contribution is -2.50. The third kappa shape index (κ3) is 2.69. The molecule has 1 spiro atoms. The van der Waals surface area contributed by atoms with E-state index in [1.54, 1.807) is 0 Å². The molecule has 0 unspecified atom stereocenters. The molecule has 6 saturated carbocycles. The Morgan fingerprint density at radius 3 is 2.15 bits per heavy atom. The Morgan fingerprint density at radius 1 is 0.889 bits per heavy atom. The van der Waals surface area contributed by atoms with Gasteiger partial charge < -0.3 is 14.6 Å². The van der Waals surface area contributed by atoms with Crippen molar-refractivity contribution in [2.75, 3.05) is 13.2 Å². The molecule has 1 aliphatic heterocycles. The van der Waals surface area contributed by atoms with Crippen LogP contribution in [0.4, 0.5) is 0 Å². The first-order valence-electron chi connectivity index (χ1n) is 11.5. The van der Waals surface area contributed by atoms with E-state index in [9.17, 15) is 9.90 Å². The Balaban J connectivity index is 1.12. The number of carbonyl (C=O) groups is 1. The highest BCUT2D eigenvalue weighted by Gasteiger charge is 2.57. The molecule has 7 aliphatic rings. The van der Waals surface area contributed by atoms with Crippen LogP contribution in [0.3, 0.4) is 0 Å². The van der Waals surface area contributed by atoms with Gasteiger partial charge >= 0.3 is 0 Å². The summed E-state index contributed by atoms with van der Waals surface area (Å²) < 4.78 is 11.9. The molecule has 27 heavy (non-hydrogen) atoms. The van der Waals surface area contributed by atoms with Gasteiger partial charge in [0.15, 0.2) is 5.79 Å². The Labute approximate surface area is 162 Å². The topological polar surface area (TPSA) is 55.8 Å². The van der Waals surface area contributed by atoms with Gasteiger partial charge in [-0.25, -0.2) is 0 Å². The lowest BCUT2D eigenvalue weighted by Gasteiger charge is -2.56. The van der Waals surface area contributed by atoms with E-state index in [1.807, 2.05) is 0 Å². The van der Waals surface area contributed by atoms with Crippen LogP contribution in [-0.2, 0) is 14.3 Å². The zero-order valence-electron chi connectivity index (χ0n) is 16.4. The number of aliphatic hydroxyl groups excluding tert-OH is 1. The molecule has 4 heteroatoms. The van der Waals surface area contributed by atoms with Gasteiger partial charge in [-0.2, -0.15) is 0 Å². The minimum absolute atomic E-state index is 0.0201. The fraction of sp³-hybridized carbons (Fsp3) is 0.957. The van der Waals surface area contributed by atoms with Crippen molar-refractivity contribution in [2.45, 2.75) is 82.5 Å². The van der Waals surface area contributed by atoms with Crippen molar-refractivity contribution in [3.63, 3.8) is 0 Å². The first-order chi connectivity index (χ1) is 13.0. The largest absolute Gasteiger partial charge is 0.393 e. The van der Waals surface area contributed by atoms with Gasteiger partial charge in [-0.3, -0.25) is 4.79 Å². The van der Waals surface area contributed by atoms with Gasteiger partial charge in [-0.1, -0.05) is 0 Å². The second-order valence-electron chi connectivity index (χ2n) is 11.1. The molecule has 6 aliphatic carbocycles. The minimum atomic E-state index is -0.363. The Morgan fingerprint density at radius 2 is 1.52 bits per heavy atom. The number of ketones is 1. The first kappa shape index (κ1) is 17.4. The summed E-state index contributed by atoms with van der Waals surface area (Å²) in [4.78, 5) is 13.4. The summed E-state index contributed by atoms with van der Waals surface area (Å²) in [7, 11) is 0. The van der Waals surface area contributed by atoms with Crippen LogP contribution in [0.15, 0.2) is 0 Å². The van der Waals surface area contributed by atoms with Crippen LogP contribution in [0, 0.1) is 40.9 Å². The second kappa shape index (κ2) is 6.03. The molecule has 7 rings (SSSR count). The maximum Gasteiger partial charge on any atom is 0.169 e. The molecule has 1 N–H and O–H groups in total. The normalized spacial score (nSPS) is 52.0. The van der Waals surface area contributed by atoms with Crippen LogP contribution in [0.5, 0.6) is 0 Å². The Kier molecular flexibility index (Phi) is 3.89. The number of ether oxygens (including phenoxy) is 2. The number of aliphatic hydroxyl groups is 1. The number of rotatable bonds is 4. The molecule has 150 valence electrons. The first-order valence-corrected chi connectivity index (χ1v) is 11.5. The number of fused-ring (bicyclic) bond motifs is 1. The van der Waals surface area contributed by atoms with E-state index in [-0.39, 0.29) is 23.2 Å². The molecule has 7 fully saturated rings. The van der Waals surface area contributed by atoms with Crippen molar-refractivity contribution in [1.82, 2.24) is 0 Å². The molecule has 0 amide bonds. The Bertz CT molecular complexity index is 587. The molecular weight excluding hydrogens is 340 g/mol. The SMILES string of the molecule is O=C(CC[C@@H]1[C@@H]2CC3(C[C@@H]2C[C@H]1O)OCCO3)C12CC3CC(CC(C3)C1)C2. The lowest BCUT2D eigenvalue weighted by atomic mass is 9.48. The summed E-state index contributed by atoms with van der Waals surface area (Å²) in [6.45, 7) is 1.41. The fourth-order valence-electron chi connectivity index (χ4n) is 8.84. The van der Waals surface area contributed by atoms with Crippen LogP contribution >= 0.6 is 0 Å². The van der Waals surface area contributed by atoms with E-state index in [1.165, 1.54) is 38.5 Å². The van der Waals surface area contributed by atoms with Gasteiger partial charge in [0.25, 0.3) is 0 Å². The van der Waals surface area contributed by atoms with E-state index in [0.717, 1.165) is 43.4 Å². The number of carbonyl (C=O) groups excluding carboxylic acids is 1. The van der Waals surface area contributed by atoms with E-state index < -0.39 is 0 Å². The van der Waals surface area contributed by atoms with Crippen LogP contribution in [0.25, 0.3) is 0 Å². The predicted octanol–water partition coefficient (Wildman–Crippen LogP) is 3.70. The number of hydrogen-bond acceptors (Lipinski definition) is 4. The summed E-state index contributed by atoms with van der Waals surface area (Å²) >= 11 is 0. The summed E-state index contributed by atoms with van der Waals surface area (Å²) in [5.74, 6) is 3.91. The summed E-state index contributed by atoms with van der Waals surface area (Å²) in [6.07, 6.45) is 11.7. The highest BCUT2D eigenvalue weighted by molar-refractivity contribution is 5.85. The lowest BCUT2D eigenvalue weighted by molar-refractivity contribution is -0.158. The number of hydrogen-bond donors (Lipinski definition) is 1. The van der Waals surface area contributed by atoms with Crippen molar-refractivity contribution in [1.29, 1.82) is 0 Å². The van der Waals surface area contributed by atoms with Crippen LogP contribution < -0.4 is 0 Å². The molecule has 4 atom stereocenters. The molecular formula is C23H34O4. The van der Waals surface area contributed by atoms with Gasteiger partial charge in [-0.15, -0.1) is 0 Å². The average molecular weight is 375 g/mol. The zero-order chi connectivity index (χ0) is 18.2. The molecule has 0 aromatic carbocycles. The highest BCUT2D eigenvalue weighted by Crippen LogP contribution is 2.61. The monoisotopic (exact) mass is 374 g/mol. The van der Waals surface area contributed by atoms with Crippen molar-refractivity contribution < 1.29 is 19.4 Å². The van der Waals surface area contributed by atoms with Crippen molar-refractivity contribution >= 4 is 5.78 Å². The summed E-state index contributed by atoms with van der Waals surface area (Å²) in [5.41, 5.74) is 0.0201. The third-order valence-electron chi connectivity index (χ3n) is 9.46. The van der Waals surface area contributed by atoms with Crippen LogP contribution in [-0.4, -0.2) is 36.0 Å². The van der Waals surface area contributed by atoms with Gasteiger partial charge in [0.2, 0.25) is 0 Å². The van der Waals surface area contributed by atoms with Gasteiger partial charge in [0.05, 0.1) is 19.3 Å².